The van der Waals surface area contributed by atoms with Crippen molar-refractivity contribution in [1.29, 1.82) is 0 Å². The van der Waals surface area contributed by atoms with E-state index in [-0.39, 0.29) is 11.8 Å². The number of rotatable bonds is 28. The van der Waals surface area contributed by atoms with Crippen molar-refractivity contribution in [2.75, 3.05) is 0 Å². The first-order valence-electron chi connectivity index (χ1n) is 19.1. The lowest BCUT2D eigenvalue weighted by molar-refractivity contribution is -0.119. The van der Waals surface area contributed by atoms with Crippen LogP contribution in [-0.2, 0) is 9.59 Å². The molecule has 0 radical (unpaired) electrons. The van der Waals surface area contributed by atoms with E-state index in [1.165, 1.54) is 193 Å². The molecule has 0 aliphatic heterocycles. The highest BCUT2D eigenvalue weighted by Gasteiger charge is 1.97. The van der Waals surface area contributed by atoms with Crippen molar-refractivity contribution in [1.82, 2.24) is 0 Å². The van der Waals surface area contributed by atoms with Gasteiger partial charge in [0.1, 0.15) is 0 Å². The number of carbonyl (C=O) groups is 2. The summed E-state index contributed by atoms with van der Waals surface area (Å²) in [5, 5.41) is 0. The van der Waals surface area contributed by atoms with E-state index in [2.05, 4.69) is 13.8 Å². The minimum atomic E-state index is -0.155. The summed E-state index contributed by atoms with van der Waals surface area (Å²) in [6.45, 7) is 4.53. The molecular weight excluding hydrogens is 516 g/mol. The van der Waals surface area contributed by atoms with Gasteiger partial charge in [0, 0.05) is 12.8 Å². The third-order valence-electron chi connectivity index (χ3n) is 8.55. The number of unbranched alkanes of at least 4 members (excludes halogenated alkanes) is 24. The van der Waals surface area contributed by atoms with Gasteiger partial charge in [0.05, 0.1) is 0 Å². The van der Waals surface area contributed by atoms with E-state index in [9.17, 15) is 9.59 Å². The fourth-order valence-corrected chi connectivity index (χ4v) is 5.69. The zero-order chi connectivity index (χ0) is 31.2. The monoisotopic (exact) mass is 595 g/mol. The minimum absolute atomic E-state index is 0.155. The van der Waals surface area contributed by atoms with Gasteiger partial charge < -0.3 is 11.5 Å². The lowest BCUT2D eigenvalue weighted by atomic mass is 10.0. The lowest BCUT2D eigenvalue weighted by Gasteiger charge is -2.05. The summed E-state index contributed by atoms with van der Waals surface area (Å²) in [6.07, 6.45) is 44.9. The van der Waals surface area contributed by atoms with Gasteiger partial charge in [0.2, 0.25) is 11.8 Å². The maximum Gasteiger partial charge on any atom is 0.217 e. The highest BCUT2D eigenvalue weighted by molar-refractivity contribution is 5.73. The molecule has 1 fully saturated rings. The van der Waals surface area contributed by atoms with Crippen LogP contribution < -0.4 is 11.5 Å². The van der Waals surface area contributed by atoms with E-state index in [1.807, 2.05) is 0 Å². The van der Waals surface area contributed by atoms with Crippen LogP contribution in [0.1, 0.15) is 232 Å². The Bertz CT molecular complexity index is 468. The zero-order valence-electron chi connectivity index (χ0n) is 29.0. The Morgan fingerprint density at radius 2 is 0.500 bits per heavy atom. The largest absolute Gasteiger partial charge is 0.370 e. The Morgan fingerprint density at radius 1 is 0.333 bits per heavy atom. The molecule has 4 heteroatoms. The average molecular weight is 595 g/mol. The first-order valence-corrected chi connectivity index (χ1v) is 19.1. The molecule has 0 unspecified atom stereocenters. The van der Waals surface area contributed by atoms with Crippen molar-refractivity contribution in [2.24, 2.45) is 11.5 Å². The summed E-state index contributed by atoms with van der Waals surface area (Å²) in [6, 6.07) is 0. The molecule has 1 aliphatic rings. The molecule has 42 heavy (non-hydrogen) atoms. The average Bonchev–Trinajstić information content (AvgIpc) is 2.99. The van der Waals surface area contributed by atoms with E-state index in [0.717, 1.165) is 12.8 Å². The number of carbonyl (C=O) groups excluding carboxylic acids is 2. The van der Waals surface area contributed by atoms with E-state index in [4.69, 9.17) is 11.5 Å². The summed E-state index contributed by atoms with van der Waals surface area (Å²) in [7, 11) is 0. The van der Waals surface area contributed by atoms with Gasteiger partial charge >= 0.3 is 0 Å². The van der Waals surface area contributed by atoms with Gasteiger partial charge in [-0.25, -0.2) is 0 Å². The van der Waals surface area contributed by atoms with Gasteiger partial charge in [-0.2, -0.15) is 0 Å². The van der Waals surface area contributed by atoms with Crippen molar-refractivity contribution in [3.63, 3.8) is 0 Å². The predicted molar refractivity (Wildman–Crippen MR) is 187 cm³/mol. The van der Waals surface area contributed by atoms with Gasteiger partial charge in [-0.15, -0.1) is 0 Å². The Morgan fingerprint density at radius 3 is 0.667 bits per heavy atom. The highest BCUT2D eigenvalue weighted by Crippen LogP contribution is 2.16. The van der Waals surface area contributed by atoms with E-state index < -0.39 is 0 Å². The lowest BCUT2D eigenvalue weighted by Crippen LogP contribution is -2.09. The first kappa shape index (κ1) is 43.1. The molecule has 252 valence electrons. The topological polar surface area (TPSA) is 86.2 Å². The van der Waals surface area contributed by atoms with Crippen LogP contribution in [0, 0.1) is 0 Å². The number of amides is 2. The summed E-state index contributed by atoms with van der Waals surface area (Å²) in [5.41, 5.74) is 10.2. The maximum absolute atomic E-state index is 10.5. The third-order valence-corrected chi connectivity index (χ3v) is 8.55. The van der Waals surface area contributed by atoms with E-state index in [0.29, 0.717) is 12.8 Å². The molecule has 0 saturated heterocycles. The summed E-state index contributed by atoms with van der Waals surface area (Å²) in [5.74, 6) is -0.309. The summed E-state index contributed by atoms with van der Waals surface area (Å²) < 4.78 is 0. The Hall–Kier alpha value is -1.06. The second-order valence-electron chi connectivity index (χ2n) is 13.0. The highest BCUT2D eigenvalue weighted by atomic mass is 16.1. The van der Waals surface area contributed by atoms with Gasteiger partial charge in [-0.3, -0.25) is 9.59 Å². The molecule has 1 rings (SSSR count). The van der Waals surface area contributed by atoms with Crippen LogP contribution in [0.4, 0.5) is 0 Å². The molecule has 0 aromatic heterocycles. The van der Waals surface area contributed by atoms with Gasteiger partial charge in [0.15, 0.2) is 0 Å². The fourth-order valence-electron chi connectivity index (χ4n) is 5.69. The smallest absolute Gasteiger partial charge is 0.217 e. The zero-order valence-corrected chi connectivity index (χ0v) is 29.0. The molecule has 0 aromatic rings. The Balaban J connectivity index is 0. The third kappa shape index (κ3) is 45.9. The van der Waals surface area contributed by atoms with Crippen molar-refractivity contribution < 1.29 is 9.59 Å². The number of primary amides is 2. The molecule has 1 saturated carbocycles. The van der Waals surface area contributed by atoms with Crippen molar-refractivity contribution in [3.05, 3.63) is 0 Å². The predicted octanol–water partition coefficient (Wildman–Crippen LogP) is 12.2. The van der Waals surface area contributed by atoms with Crippen LogP contribution in [0.25, 0.3) is 0 Å². The van der Waals surface area contributed by atoms with Gasteiger partial charge in [-0.1, -0.05) is 206 Å². The van der Waals surface area contributed by atoms with Crippen LogP contribution in [0.5, 0.6) is 0 Å². The second kappa shape index (κ2) is 39.9. The van der Waals surface area contributed by atoms with Crippen LogP contribution in [0.15, 0.2) is 0 Å². The van der Waals surface area contributed by atoms with Crippen molar-refractivity contribution in [2.45, 2.75) is 232 Å². The number of hydrogen-bond acceptors (Lipinski definition) is 2. The minimum Gasteiger partial charge on any atom is -0.370 e. The summed E-state index contributed by atoms with van der Waals surface area (Å²) >= 11 is 0. The molecule has 4 N–H and O–H groups in total. The molecule has 0 heterocycles. The van der Waals surface area contributed by atoms with Crippen LogP contribution >= 0.6 is 0 Å². The SMILES string of the molecule is C1CCCCC1.CCCCCCCCCCCCCCCC(N)=O.CCCCCCCCCCCCCCCC(N)=O. The molecule has 4 nitrogen and oxygen atoms in total. The molecule has 0 bridgehead atoms. The van der Waals surface area contributed by atoms with E-state index in [1.54, 1.807) is 0 Å². The van der Waals surface area contributed by atoms with Gasteiger partial charge in [0.25, 0.3) is 0 Å². The normalized spacial score (nSPS) is 12.6. The summed E-state index contributed by atoms with van der Waals surface area (Å²) in [4.78, 5) is 21.0. The molecule has 2 amide bonds. The number of nitrogens with two attached hydrogens (primary N) is 2. The molecule has 0 spiro atoms. The van der Waals surface area contributed by atoms with Crippen LogP contribution in [0.2, 0.25) is 0 Å². The molecule has 0 atom stereocenters. The Labute approximate surface area is 264 Å². The maximum atomic E-state index is 10.5. The fraction of sp³-hybridized carbons (Fsp3) is 0.947. The van der Waals surface area contributed by atoms with E-state index >= 15 is 0 Å². The van der Waals surface area contributed by atoms with Crippen LogP contribution in [0.3, 0.4) is 0 Å². The van der Waals surface area contributed by atoms with Crippen molar-refractivity contribution >= 4 is 11.8 Å². The molecule has 1 aliphatic carbocycles. The first-order chi connectivity index (χ1) is 20.5. The number of hydrogen-bond donors (Lipinski definition) is 2. The Kier molecular flexibility index (Phi) is 41.0. The second-order valence-corrected chi connectivity index (χ2v) is 13.0. The molecular formula is C38H78N2O2. The standard InChI is InChI=1S/2C16H33NO.C6H12/c2*1-2-3-4-5-6-7-8-9-10-11-12-13-14-15-16(17)18;1-2-4-6-5-3-1/h2*2-15H2,1H3,(H2,17,18);1-6H2. The molecule has 0 aromatic carbocycles. The van der Waals surface area contributed by atoms with Crippen molar-refractivity contribution in [3.8, 4) is 0 Å². The van der Waals surface area contributed by atoms with Crippen LogP contribution in [-0.4, -0.2) is 11.8 Å². The van der Waals surface area contributed by atoms with Gasteiger partial charge in [-0.05, 0) is 12.8 Å². The quantitative estimate of drug-likeness (QED) is 0.0882.